The van der Waals surface area contributed by atoms with Gasteiger partial charge < -0.3 is 20.4 Å². The Balaban J connectivity index is 1.21. The van der Waals surface area contributed by atoms with Crippen LogP contribution < -0.4 is 16.0 Å². The van der Waals surface area contributed by atoms with Gasteiger partial charge in [-0.1, -0.05) is 0 Å². The Hall–Kier alpha value is -3.99. The molecule has 2 aliphatic rings. The molecule has 4 aromatic heterocycles. The van der Waals surface area contributed by atoms with Crippen LogP contribution in [-0.4, -0.2) is 66.6 Å². The highest BCUT2D eigenvalue weighted by Crippen LogP contribution is 2.35. The van der Waals surface area contributed by atoms with E-state index in [0.29, 0.717) is 40.8 Å². The molecular weight excluding hydrogens is 434 g/mol. The summed E-state index contributed by atoms with van der Waals surface area (Å²) in [6.07, 6.45) is 7.56. The Morgan fingerprint density at radius 1 is 1.18 bits per heavy atom. The Kier molecular flexibility index (Phi) is 4.73. The number of nitrogens with zero attached hydrogens (tertiary/aromatic N) is 7. The maximum atomic E-state index is 11.4. The average molecular weight is 460 g/mol. The van der Waals surface area contributed by atoms with E-state index >= 15 is 0 Å². The molecule has 11 heteroatoms. The van der Waals surface area contributed by atoms with E-state index in [9.17, 15) is 4.79 Å². The minimum atomic E-state index is -0.637. The zero-order valence-electron chi connectivity index (χ0n) is 18.9. The van der Waals surface area contributed by atoms with E-state index < -0.39 is 5.91 Å². The molecule has 0 unspecified atom stereocenters. The molecule has 2 saturated heterocycles. The zero-order chi connectivity index (χ0) is 23.4. The minimum absolute atomic E-state index is 0.0692. The first kappa shape index (κ1) is 20.6. The number of hydrogen-bond acceptors (Lipinski definition) is 9. The summed E-state index contributed by atoms with van der Waals surface area (Å²) in [5.41, 5.74) is 7.89. The lowest BCUT2D eigenvalue weighted by atomic mass is 10.2. The Morgan fingerprint density at radius 3 is 2.74 bits per heavy atom. The van der Waals surface area contributed by atoms with Crippen LogP contribution in [0.3, 0.4) is 0 Å². The smallest absolute Gasteiger partial charge is 0.284 e. The molecule has 0 saturated carbocycles. The van der Waals surface area contributed by atoms with Crippen molar-refractivity contribution in [3.05, 3.63) is 48.9 Å². The van der Waals surface area contributed by atoms with Gasteiger partial charge in [-0.2, -0.15) is 5.10 Å². The fourth-order valence-corrected chi connectivity index (χ4v) is 5.08. The number of likely N-dealkylation sites (tertiary alicyclic amines) is 1. The number of carbonyl (C=O) groups excluding carboxylic acids is 1. The van der Waals surface area contributed by atoms with Crippen LogP contribution in [0.25, 0.3) is 16.9 Å². The summed E-state index contributed by atoms with van der Waals surface area (Å²) in [5, 5.41) is 7.59. The topological polar surface area (TPSA) is 131 Å². The molecule has 4 aromatic rings. The third kappa shape index (κ3) is 3.36. The number of fused-ring (bicyclic) bond motifs is 3. The van der Waals surface area contributed by atoms with Crippen molar-refractivity contribution in [3.8, 4) is 11.3 Å². The fourth-order valence-electron chi connectivity index (χ4n) is 5.08. The molecule has 0 aliphatic carbocycles. The van der Waals surface area contributed by atoms with Gasteiger partial charge in [0.15, 0.2) is 17.2 Å². The van der Waals surface area contributed by atoms with Gasteiger partial charge in [0.2, 0.25) is 0 Å². The quantitative estimate of drug-likeness (QED) is 0.446. The van der Waals surface area contributed by atoms with Crippen LogP contribution in [0.4, 0.5) is 17.3 Å². The lowest BCUT2D eigenvalue weighted by molar-refractivity contribution is 0.0974. The number of carbonyl (C=O) groups is 1. The molecule has 0 radical (unpaired) electrons. The SMILES string of the molecule is CC(C)N1C[C@@H]2C[C@H]1CN2c1ccc(Nc2ncc(-c3coc(C(N)=O)c3)n3ncnc23)cn1. The molecule has 11 nitrogen and oxygen atoms in total. The number of nitrogens with one attached hydrogen (secondary N) is 1. The minimum Gasteiger partial charge on any atom is -0.458 e. The van der Waals surface area contributed by atoms with Gasteiger partial charge in [0.1, 0.15) is 18.4 Å². The molecular formula is C23H25N9O2. The molecule has 2 fully saturated rings. The highest BCUT2D eigenvalue weighted by atomic mass is 16.3. The van der Waals surface area contributed by atoms with Gasteiger partial charge in [-0.05, 0) is 38.5 Å². The van der Waals surface area contributed by atoms with Crippen LogP contribution in [0.15, 0.2) is 47.6 Å². The van der Waals surface area contributed by atoms with E-state index in [1.165, 1.54) is 19.0 Å². The predicted octanol–water partition coefficient (Wildman–Crippen LogP) is 2.29. The Bertz CT molecular complexity index is 1360. The summed E-state index contributed by atoms with van der Waals surface area (Å²) < 4.78 is 6.86. The number of piperazine rings is 1. The first-order valence-corrected chi connectivity index (χ1v) is 11.3. The lowest BCUT2D eigenvalue weighted by Crippen LogP contribution is -2.49. The second-order valence-electron chi connectivity index (χ2n) is 9.07. The zero-order valence-corrected chi connectivity index (χ0v) is 18.9. The summed E-state index contributed by atoms with van der Waals surface area (Å²) in [4.78, 5) is 30.0. The van der Waals surface area contributed by atoms with Crippen molar-refractivity contribution in [2.24, 2.45) is 5.73 Å². The molecule has 174 valence electrons. The predicted molar refractivity (Wildman–Crippen MR) is 126 cm³/mol. The van der Waals surface area contributed by atoms with Gasteiger partial charge in [0, 0.05) is 36.8 Å². The van der Waals surface area contributed by atoms with E-state index in [-0.39, 0.29) is 5.76 Å². The maximum Gasteiger partial charge on any atom is 0.284 e. The fraction of sp³-hybridized carbons (Fsp3) is 0.348. The molecule has 2 aliphatic heterocycles. The second-order valence-corrected chi connectivity index (χ2v) is 9.07. The number of rotatable bonds is 6. The van der Waals surface area contributed by atoms with Gasteiger partial charge in [-0.3, -0.25) is 9.69 Å². The van der Waals surface area contributed by atoms with Crippen molar-refractivity contribution in [3.63, 3.8) is 0 Å². The second kappa shape index (κ2) is 7.80. The molecule has 2 bridgehead atoms. The molecule has 0 spiro atoms. The number of pyridine rings is 1. The first-order valence-electron chi connectivity index (χ1n) is 11.3. The number of hydrogen-bond donors (Lipinski definition) is 2. The maximum absolute atomic E-state index is 11.4. The highest BCUT2D eigenvalue weighted by Gasteiger charge is 2.44. The van der Waals surface area contributed by atoms with Gasteiger partial charge >= 0.3 is 0 Å². The number of nitrogens with two attached hydrogens (primary N) is 1. The Labute approximate surface area is 195 Å². The molecule has 6 heterocycles. The Morgan fingerprint density at radius 2 is 2.06 bits per heavy atom. The van der Waals surface area contributed by atoms with E-state index in [1.54, 1.807) is 16.8 Å². The van der Waals surface area contributed by atoms with E-state index in [1.807, 2.05) is 12.3 Å². The summed E-state index contributed by atoms with van der Waals surface area (Å²) in [6.45, 7) is 6.66. The van der Waals surface area contributed by atoms with Crippen LogP contribution >= 0.6 is 0 Å². The molecule has 0 aromatic carbocycles. The van der Waals surface area contributed by atoms with Crippen molar-refractivity contribution in [2.75, 3.05) is 23.3 Å². The number of anilines is 3. The van der Waals surface area contributed by atoms with Crippen LogP contribution in [0.5, 0.6) is 0 Å². The molecule has 34 heavy (non-hydrogen) atoms. The number of primary amides is 1. The van der Waals surface area contributed by atoms with Gasteiger partial charge in [0.05, 0.1) is 23.8 Å². The first-order chi connectivity index (χ1) is 16.5. The van der Waals surface area contributed by atoms with Crippen LogP contribution in [0.1, 0.15) is 30.8 Å². The van der Waals surface area contributed by atoms with Gasteiger partial charge in [-0.15, -0.1) is 0 Å². The van der Waals surface area contributed by atoms with Crippen molar-refractivity contribution in [1.82, 2.24) is 29.5 Å². The average Bonchev–Trinajstić information content (AvgIpc) is 3.63. The van der Waals surface area contributed by atoms with Crippen molar-refractivity contribution >= 4 is 28.9 Å². The number of amides is 1. The molecule has 2 atom stereocenters. The van der Waals surface area contributed by atoms with Crippen molar-refractivity contribution in [1.29, 1.82) is 0 Å². The summed E-state index contributed by atoms with van der Waals surface area (Å²) in [7, 11) is 0. The van der Waals surface area contributed by atoms with E-state index in [0.717, 1.165) is 24.6 Å². The van der Waals surface area contributed by atoms with E-state index in [2.05, 4.69) is 50.1 Å². The molecule has 3 N–H and O–H groups in total. The largest absolute Gasteiger partial charge is 0.458 e. The molecule has 1 amide bonds. The summed E-state index contributed by atoms with van der Waals surface area (Å²) in [6, 6.07) is 7.34. The van der Waals surface area contributed by atoms with Crippen LogP contribution in [0.2, 0.25) is 0 Å². The number of furan rings is 1. The summed E-state index contributed by atoms with van der Waals surface area (Å²) >= 11 is 0. The third-order valence-electron chi connectivity index (χ3n) is 6.69. The monoisotopic (exact) mass is 459 g/mol. The third-order valence-corrected chi connectivity index (χ3v) is 6.69. The summed E-state index contributed by atoms with van der Waals surface area (Å²) in [5.74, 6) is 0.979. The standard InChI is InChI=1S/C23H25N9O2/c1-13(2)30-9-17-6-16(30)10-31(17)20-4-3-15(7-25-20)29-22-23-27-12-28-32(23)18(8-26-22)14-5-19(21(24)33)34-11-14/h3-5,7-8,11-13,16-17H,6,9-10H2,1-2H3,(H2,24,33)(H,26,29)/t16-,17-/m0/s1. The number of aromatic nitrogens is 5. The normalized spacial score (nSPS) is 20.0. The molecule has 6 rings (SSSR count). The van der Waals surface area contributed by atoms with Crippen molar-refractivity contribution < 1.29 is 9.21 Å². The lowest BCUT2D eigenvalue weighted by Gasteiger charge is -2.37. The van der Waals surface area contributed by atoms with Gasteiger partial charge in [-0.25, -0.2) is 19.5 Å². The van der Waals surface area contributed by atoms with Crippen LogP contribution in [0, 0.1) is 0 Å². The highest BCUT2D eigenvalue weighted by molar-refractivity contribution is 5.91. The van der Waals surface area contributed by atoms with Crippen molar-refractivity contribution in [2.45, 2.75) is 38.4 Å². The van der Waals surface area contributed by atoms with E-state index in [4.69, 9.17) is 15.1 Å². The van der Waals surface area contributed by atoms with Gasteiger partial charge in [0.25, 0.3) is 5.91 Å². The van der Waals surface area contributed by atoms with Crippen LogP contribution in [-0.2, 0) is 0 Å².